The number of amides is 1. The van der Waals surface area contributed by atoms with Crippen LogP contribution in [0.3, 0.4) is 0 Å². The van der Waals surface area contributed by atoms with E-state index in [9.17, 15) is 18.0 Å². The summed E-state index contributed by atoms with van der Waals surface area (Å²) >= 11 is 0. The Balaban J connectivity index is 1.56. The zero-order valence-corrected chi connectivity index (χ0v) is 24.4. The maximum absolute atomic E-state index is 13.3. The van der Waals surface area contributed by atoms with Crippen LogP contribution in [0.4, 0.5) is 19.0 Å². The van der Waals surface area contributed by atoms with Crippen molar-refractivity contribution in [1.82, 2.24) is 14.8 Å². The van der Waals surface area contributed by atoms with Crippen LogP contribution in [-0.4, -0.2) is 60.0 Å². The molecule has 0 radical (unpaired) electrons. The lowest BCUT2D eigenvalue weighted by molar-refractivity contribution is -0.137. The van der Waals surface area contributed by atoms with Crippen LogP contribution in [-0.2, 0) is 6.18 Å². The highest BCUT2D eigenvalue weighted by Gasteiger charge is 2.37. The molecule has 0 spiro atoms. The topological polar surface area (TPSA) is 52.8 Å². The third-order valence-corrected chi connectivity index (χ3v) is 8.53. The fourth-order valence-corrected chi connectivity index (χ4v) is 6.22. The number of furan rings is 1. The van der Waals surface area contributed by atoms with Crippen molar-refractivity contribution < 1.29 is 22.4 Å². The van der Waals surface area contributed by atoms with Crippen LogP contribution in [0.15, 0.2) is 53.3 Å². The summed E-state index contributed by atoms with van der Waals surface area (Å²) in [5.41, 5.74) is 3.47. The maximum Gasteiger partial charge on any atom is 0.416 e. The number of nitrogens with zero attached hydrogens (tertiary/aromatic N) is 4. The van der Waals surface area contributed by atoms with Gasteiger partial charge in [-0.25, -0.2) is 4.98 Å². The molecule has 2 saturated heterocycles. The lowest BCUT2D eigenvalue weighted by atomic mass is 9.92. The van der Waals surface area contributed by atoms with Crippen LogP contribution >= 0.6 is 0 Å². The standard InChI is InChI=1S/C32H39F3N4O2/c1-20(2)28-18-38(14-15-39(28)31(40)23-12-16-41-19-23)30-26(27-7-6-13-37(27)5)17-25(29(36-30)21(3)4)22-8-10-24(11-9-22)32(33,34)35/h8-12,16-17,19-21,27-28H,6-7,13-15,18H2,1-5H3/t27-,28?/m1/s1. The molecule has 4 heterocycles. The average molecular weight is 569 g/mol. The molecule has 1 amide bonds. The average Bonchev–Trinajstić information content (AvgIpc) is 3.63. The number of carbonyl (C=O) groups is 1. The summed E-state index contributed by atoms with van der Waals surface area (Å²) < 4.78 is 45.1. The molecule has 0 saturated carbocycles. The first-order valence-electron chi connectivity index (χ1n) is 14.5. The lowest BCUT2D eigenvalue weighted by Gasteiger charge is -2.44. The largest absolute Gasteiger partial charge is 0.472 e. The first-order chi connectivity index (χ1) is 19.5. The lowest BCUT2D eigenvalue weighted by Crippen LogP contribution is -2.57. The number of piperazine rings is 1. The molecule has 2 aliphatic rings. The molecule has 3 aromatic rings. The Kier molecular flexibility index (Phi) is 8.19. The molecule has 41 heavy (non-hydrogen) atoms. The third kappa shape index (κ3) is 5.87. The molecule has 0 bridgehead atoms. The van der Waals surface area contributed by atoms with Gasteiger partial charge in [0.1, 0.15) is 12.1 Å². The molecule has 220 valence electrons. The number of carbonyl (C=O) groups excluding carboxylic acids is 1. The van der Waals surface area contributed by atoms with Crippen molar-refractivity contribution in [2.45, 2.75) is 64.7 Å². The van der Waals surface area contributed by atoms with E-state index in [1.807, 2.05) is 4.90 Å². The van der Waals surface area contributed by atoms with Gasteiger partial charge >= 0.3 is 6.18 Å². The Morgan fingerprint density at radius 2 is 1.78 bits per heavy atom. The van der Waals surface area contributed by atoms with Gasteiger partial charge in [-0.15, -0.1) is 0 Å². The molecule has 6 nitrogen and oxygen atoms in total. The van der Waals surface area contributed by atoms with Gasteiger partial charge < -0.3 is 14.2 Å². The van der Waals surface area contributed by atoms with Crippen molar-refractivity contribution in [2.24, 2.45) is 5.92 Å². The number of alkyl halides is 3. The van der Waals surface area contributed by atoms with Crippen molar-refractivity contribution in [3.63, 3.8) is 0 Å². The zero-order valence-electron chi connectivity index (χ0n) is 24.4. The van der Waals surface area contributed by atoms with Crippen LogP contribution in [0.1, 0.15) is 79.7 Å². The molecule has 0 N–H and O–H groups in total. The Labute approximate surface area is 240 Å². The number of pyridine rings is 1. The molecule has 2 aromatic heterocycles. The van der Waals surface area contributed by atoms with Crippen LogP contribution < -0.4 is 4.90 Å². The molecule has 2 aliphatic heterocycles. The van der Waals surface area contributed by atoms with Crippen molar-refractivity contribution in [1.29, 1.82) is 0 Å². The highest BCUT2D eigenvalue weighted by molar-refractivity contribution is 5.94. The van der Waals surface area contributed by atoms with E-state index in [1.165, 1.54) is 12.5 Å². The first-order valence-corrected chi connectivity index (χ1v) is 14.5. The van der Waals surface area contributed by atoms with Crippen LogP contribution in [0.2, 0.25) is 0 Å². The van der Waals surface area contributed by atoms with Gasteiger partial charge in [0.15, 0.2) is 0 Å². The molecule has 1 aromatic carbocycles. The second kappa shape index (κ2) is 11.5. The molecule has 0 aliphatic carbocycles. The van der Waals surface area contributed by atoms with E-state index < -0.39 is 11.7 Å². The fourth-order valence-electron chi connectivity index (χ4n) is 6.22. The summed E-state index contributed by atoms with van der Waals surface area (Å²) in [5, 5.41) is 0. The second-order valence-electron chi connectivity index (χ2n) is 12.0. The van der Waals surface area contributed by atoms with Crippen LogP contribution in [0, 0.1) is 5.92 Å². The fraction of sp³-hybridized carbons (Fsp3) is 0.500. The molecule has 1 unspecified atom stereocenters. The Bertz CT molecular complexity index is 1350. The second-order valence-corrected chi connectivity index (χ2v) is 12.0. The molecule has 2 fully saturated rings. The van der Waals surface area contributed by atoms with Crippen LogP contribution in [0.25, 0.3) is 11.1 Å². The van der Waals surface area contributed by atoms with Gasteiger partial charge in [0.25, 0.3) is 5.91 Å². The predicted octanol–water partition coefficient (Wildman–Crippen LogP) is 7.24. The van der Waals surface area contributed by atoms with Gasteiger partial charge in [-0.3, -0.25) is 9.69 Å². The zero-order chi connectivity index (χ0) is 29.5. The smallest absolute Gasteiger partial charge is 0.416 e. The predicted molar refractivity (Wildman–Crippen MR) is 154 cm³/mol. The number of likely N-dealkylation sites (tertiary alicyclic amines) is 1. The minimum absolute atomic E-state index is 0.0146. The van der Waals surface area contributed by atoms with E-state index in [2.05, 4.69) is 50.6 Å². The van der Waals surface area contributed by atoms with E-state index in [-0.39, 0.29) is 29.8 Å². The quantitative estimate of drug-likeness (QED) is 0.314. The Morgan fingerprint density at radius 1 is 1.05 bits per heavy atom. The Hall–Kier alpha value is -3.33. The summed E-state index contributed by atoms with van der Waals surface area (Å²) in [4.78, 5) is 25.2. The van der Waals surface area contributed by atoms with Gasteiger partial charge in [-0.2, -0.15) is 13.2 Å². The number of benzene rings is 1. The minimum Gasteiger partial charge on any atom is -0.472 e. The van der Waals surface area contributed by atoms with E-state index in [0.29, 0.717) is 25.2 Å². The summed E-state index contributed by atoms with van der Waals surface area (Å²) in [6.45, 7) is 11.2. The number of halogens is 3. The normalized spacial score (nSPS) is 20.4. The summed E-state index contributed by atoms with van der Waals surface area (Å²) in [7, 11) is 2.12. The van der Waals surface area contributed by atoms with Crippen LogP contribution in [0.5, 0.6) is 0 Å². The van der Waals surface area contributed by atoms with Gasteiger partial charge in [0.2, 0.25) is 0 Å². The number of anilines is 1. The van der Waals surface area contributed by atoms with E-state index >= 15 is 0 Å². The van der Waals surface area contributed by atoms with Gasteiger partial charge in [-0.1, -0.05) is 39.8 Å². The highest BCUT2D eigenvalue weighted by Crippen LogP contribution is 2.42. The number of hydrogen-bond donors (Lipinski definition) is 0. The monoisotopic (exact) mass is 568 g/mol. The van der Waals surface area contributed by atoms with E-state index in [4.69, 9.17) is 9.40 Å². The van der Waals surface area contributed by atoms with Crippen molar-refractivity contribution >= 4 is 11.7 Å². The highest BCUT2D eigenvalue weighted by atomic mass is 19.4. The number of hydrogen-bond acceptors (Lipinski definition) is 5. The van der Waals surface area contributed by atoms with Crippen molar-refractivity contribution in [3.8, 4) is 11.1 Å². The third-order valence-electron chi connectivity index (χ3n) is 8.53. The number of aromatic nitrogens is 1. The minimum atomic E-state index is -4.38. The number of rotatable bonds is 6. The van der Waals surface area contributed by atoms with Gasteiger partial charge in [0, 0.05) is 36.8 Å². The Morgan fingerprint density at radius 3 is 2.34 bits per heavy atom. The van der Waals surface area contributed by atoms with E-state index in [0.717, 1.165) is 59.7 Å². The molecular weight excluding hydrogens is 529 g/mol. The van der Waals surface area contributed by atoms with Gasteiger partial charge in [0.05, 0.1) is 29.1 Å². The van der Waals surface area contributed by atoms with Crippen molar-refractivity contribution in [3.05, 3.63) is 71.3 Å². The maximum atomic E-state index is 13.3. The van der Waals surface area contributed by atoms with Gasteiger partial charge in [-0.05, 0) is 68.1 Å². The molecule has 2 atom stereocenters. The van der Waals surface area contributed by atoms with E-state index in [1.54, 1.807) is 18.2 Å². The molecular formula is C32H39F3N4O2. The summed E-state index contributed by atoms with van der Waals surface area (Å²) in [5.74, 6) is 1.18. The molecule has 5 rings (SSSR count). The first kappa shape index (κ1) is 29.2. The SMILES string of the molecule is CC(C)c1nc(N2CCN(C(=O)c3ccoc3)C(C(C)C)C2)c([C@H]2CCCN2C)cc1-c1ccc(C(F)(F)F)cc1. The summed E-state index contributed by atoms with van der Waals surface area (Å²) in [6.07, 6.45) is 0.701. The van der Waals surface area contributed by atoms with Crippen molar-refractivity contribution in [2.75, 3.05) is 38.1 Å². The summed E-state index contributed by atoms with van der Waals surface area (Å²) in [6, 6.07) is 9.44. The molecule has 9 heteroatoms.